The van der Waals surface area contributed by atoms with E-state index in [-0.39, 0.29) is 5.41 Å². The van der Waals surface area contributed by atoms with E-state index in [0.29, 0.717) is 24.4 Å². The lowest BCUT2D eigenvalue weighted by atomic mass is 9.64. The molecule has 0 amide bonds. The van der Waals surface area contributed by atoms with Gasteiger partial charge in [-0.15, -0.1) is 0 Å². The van der Waals surface area contributed by atoms with Crippen molar-refractivity contribution in [2.24, 2.45) is 5.41 Å². The number of anilines is 2. The molecule has 1 aromatic carbocycles. The molecule has 2 atom stereocenters. The average molecular weight is 264 g/mol. The van der Waals surface area contributed by atoms with Crippen molar-refractivity contribution in [2.45, 2.75) is 39.3 Å². The summed E-state index contributed by atoms with van der Waals surface area (Å²) in [7, 11) is 1.77. The first-order valence-electron chi connectivity index (χ1n) is 6.80. The number of ether oxygens (including phenoxy) is 2. The first-order valence-corrected chi connectivity index (χ1v) is 6.80. The van der Waals surface area contributed by atoms with Crippen molar-refractivity contribution in [1.82, 2.24) is 0 Å². The molecule has 0 aromatic heterocycles. The van der Waals surface area contributed by atoms with Crippen molar-refractivity contribution in [2.75, 3.05) is 24.8 Å². The molecule has 0 aliphatic heterocycles. The van der Waals surface area contributed by atoms with Crippen molar-refractivity contribution >= 4 is 11.4 Å². The lowest BCUT2D eigenvalue weighted by Gasteiger charge is -2.51. The van der Waals surface area contributed by atoms with Gasteiger partial charge in [0.05, 0.1) is 12.7 Å². The fraction of sp³-hybridized carbons (Fsp3) is 0.600. The maximum atomic E-state index is 5.90. The molecule has 3 N–H and O–H groups in total. The number of hydrogen-bond acceptors (Lipinski definition) is 4. The van der Waals surface area contributed by atoms with Crippen molar-refractivity contribution in [3.05, 3.63) is 18.2 Å². The van der Waals surface area contributed by atoms with Gasteiger partial charge in [0.25, 0.3) is 0 Å². The predicted molar refractivity (Wildman–Crippen MR) is 78.6 cm³/mol. The van der Waals surface area contributed by atoms with E-state index in [1.807, 2.05) is 25.1 Å². The molecule has 0 bridgehead atoms. The number of rotatable bonds is 5. The molecule has 2 unspecified atom stereocenters. The Balaban J connectivity index is 2.08. The molecule has 2 rings (SSSR count). The van der Waals surface area contributed by atoms with Crippen LogP contribution in [-0.2, 0) is 4.74 Å². The van der Waals surface area contributed by atoms with Gasteiger partial charge in [0.2, 0.25) is 0 Å². The van der Waals surface area contributed by atoms with Crippen LogP contribution in [-0.4, -0.2) is 25.9 Å². The summed E-state index contributed by atoms with van der Waals surface area (Å²) in [6, 6.07) is 6.18. The van der Waals surface area contributed by atoms with Gasteiger partial charge in [0, 0.05) is 42.1 Å². The van der Waals surface area contributed by atoms with E-state index in [1.165, 1.54) is 0 Å². The Morgan fingerprint density at radius 3 is 2.68 bits per heavy atom. The molecule has 0 spiro atoms. The highest BCUT2D eigenvalue weighted by atomic mass is 16.5. The van der Waals surface area contributed by atoms with Gasteiger partial charge in [-0.2, -0.15) is 0 Å². The third kappa shape index (κ3) is 2.78. The molecular weight excluding hydrogens is 240 g/mol. The van der Waals surface area contributed by atoms with Crippen molar-refractivity contribution in [3.8, 4) is 5.75 Å². The number of nitrogens with one attached hydrogen (secondary N) is 1. The maximum absolute atomic E-state index is 5.90. The zero-order valence-electron chi connectivity index (χ0n) is 12.2. The summed E-state index contributed by atoms with van der Waals surface area (Å²) in [6.07, 6.45) is 1.33. The quantitative estimate of drug-likeness (QED) is 0.803. The number of benzene rings is 1. The third-order valence-electron chi connectivity index (χ3n) is 4.04. The first-order chi connectivity index (χ1) is 8.97. The Morgan fingerprint density at radius 2 is 2.11 bits per heavy atom. The van der Waals surface area contributed by atoms with Crippen LogP contribution < -0.4 is 15.8 Å². The minimum atomic E-state index is 0.130. The molecule has 1 aliphatic carbocycles. The maximum Gasteiger partial charge on any atom is 0.123 e. The van der Waals surface area contributed by atoms with E-state index in [4.69, 9.17) is 15.2 Å². The van der Waals surface area contributed by atoms with Gasteiger partial charge in [-0.25, -0.2) is 0 Å². The van der Waals surface area contributed by atoms with Gasteiger partial charge in [0.15, 0.2) is 0 Å². The van der Waals surface area contributed by atoms with Gasteiger partial charge in [-0.3, -0.25) is 0 Å². The molecule has 0 heterocycles. The van der Waals surface area contributed by atoms with Gasteiger partial charge in [-0.1, -0.05) is 13.8 Å². The molecule has 19 heavy (non-hydrogen) atoms. The molecule has 106 valence electrons. The topological polar surface area (TPSA) is 56.5 Å². The van der Waals surface area contributed by atoms with Crippen LogP contribution in [0, 0.1) is 5.41 Å². The summed E-state index contributed by atoms with van der Waals surface area (Å²) >= 11 is 0. The highest BCUT2D eigenvalue weighted by Gasteiger charge is 2.48. The Bertz CT molecular complexity index is 446. The number of methoxy groups -OCH3 is 1. The van der Waals surface area contributed by atoms with Gasteiger partial charge in [-0.05, 0) is 19.4 Å². The molecule has 1 aliphatic rings. The SMILES string of the molecule is CCOc1cc(N)cc(NC2CC(OC)C2(C)C)c1. The molecule has 4 nitrogen and oxygen atoms in total. The number of nitrogen functional groups attached to an aromatic ring is 1. The molecule has 1 fully saturated rings. The fourth-order valence-corrected chi connectivity index (χ4v) is 2.69. The van der Waals surface area contributed by atoms with E-state index >= 15 is 0 Å². The standard InChI is InChI=1S/C15H24N2O2/c1-5-19-12-7-10(16)6-11(8-12)17-13-9-14(18-4)15(13,2)3/h6-8,13-14,17H,5,9,16H2,1-4H3. The van der Waals surface area contributed by atoms with Crippen molar-refractivity contribution in [3.63, 3.8) is 0 Å². The second kappa shape index (κ2) is 5.29. The smallest absolute Gasteiger partial charge is 0.123 e. The van der Waals surface area contributed by atoms with Crippen LogP contribution in [0.15, 0.2) is 18.2 Å². The summed E-state index contributed by atoms with van der Waals surface area (Å²) in [5, 5.41) is 3.53. The summed E-state index contributed by atoms with van der Waals surface area (Å²) in [6.45, 7) is 7.05. The summed E-state index contributed by atoms with van der Waals surface area (Å²) < 4.78 is 11.0. The lowest BCUT2D eigenvalue weighted by molar-refractivity contribution is -0.0794. The van der Waals surface area contributed by atoms with E-state index in [1.54, 1.807) is 7.11 Å². The van der Waals surface area contributed by atoms with Gasteiger partial charge in [0.1, 0.15) is 5.75 Å². The number of hydrogen-bond donors (Lipinski definition) is 2. The van der Waals surface area contributed by atoms with E-state index in [9.17, 15) is 0 Å². The molecular formula is C15H24N2O2. The van der Waals surface area contributed by atoms with Crippen LogP contribution in [0.2, 0.25) is 0 Å². The zero-order chi connectivity index (χ0) is 14.0. The average Bonchev–Trinajstić information content (AvgIpc) is 2.33. The molecule has 0 saturated heterocycles. The summed E-state index contributed by atoms with van der Waals surface area (Å²) in [4.78, 5) is 0. The highest BCUT2D eigenvalue weighted by Crippen LogP contribution is 2.44. The minimum absolute atomic E-state index is 0.130. The second-order valence-electron chi connectivity index (χ2n) is 5.70. The van der Waals surface area contributed by atoms with E-state index < -0.39 is 0 Å². The summed E-state index contributed by atoms with van der Waals surface area (Å²) in [5.41, 5.74) is 7.76. The minimum Gasteiger partial charge on any atom is -0.494 e. The normalized spacial score (nSPS) is 24.6. The van der Waals surface area contributed by atoms with Crippen molar-refractivity contribution in [1.29, 1.82) is 0 Å². The van der Waals surface area contributed by atoms with Crippen LogP contribution in [0.5, 0.6) is 5.75 Å². The molecule has 0 radical (unpaired) electrons. The first kappa shape index (κ1) is 14.0. The van der Waals surface area contributed by atoms with Crippen LogP contribution >= 0.6 is 0 Å². The Hall–Kier alpha value is -1.42. The molecule has 1 aromatic rings. The largest absolute Gasteiger partial charge is 0.494 e. The Kier molecular flexibility index (Phi) is 3.90. The van der Waals surface area contributed by atoms with E-state index in [0.717, 1.165) is 17.9 Å². The number of nitrogens with two attached hydrogens (primary N) is 1. The van der Waals surface area contributed by atoms with Crippen molar-refractivity contribution < 1.29 is 9.47 Å². The van der Waals surface area contributed by atoms with E-state index in [2.05, 4.69) is 19.2 Å². The zero-order valence-corrected chi connectivity index (χ0v) is 12.2. The molecule has 1 saturated carbocycles. The Morgan fingerprint density at radius 1 is 1.37 bits per heavy atom. The van der Waals surface area contributed by atoms with Crippen LogP contribution in [0.25, 0.3) is 0 Å². The Labute approximate surface area is 115 Å². The second-order valence-corrected chi connectivity index (χ2v) is 5.70. The van der Waals surface area contributed by atoms with Gasteiger partial charge < -0.3 is 20.5 Å². The highest BCUT2D eigenvalue weighted by molar-refractivity contribution is 5.60. The summed E-state index contributed by atoms with van der Waals surface area (Å²) in [5.74, 6) is 0.811. The van der Waals surface area contributed by atoms with Crippen LogP contribution in [0.4, 0.5) is 11.4 Å². The van der Waals surface area contributed by atoms with Gasteiger partial charge >= 0.3 is 0 Å². The predicted octanol–water partition coefficient (Wildman–Crippen LogP) is 2.89. The lowest BCUT2D eigenvalue weighted by Crippen LogP contribution is -2.57. The van der Waals surface area contributed by atoms with Crippen LogP contribution in [0.1, 0.15) is 27.2 Å². The fourth-order valence-electron chi connectivity index (χ4n) is 2.69. The third-order valence-corrected chi connectivity index (χ3v) is 4.04. The van der Waals surface area contributed by atoms with Crippen LogP contribution in [0.3, 0.4) is 0 Å². The monoisotopic (exact) mass is 264 g/mol. The molecule has 4 heteroatoms.